The lowest BCUT2D eigenvalue weighted by molar-refractivity contribution is 0.102. The molecule has 0 atom stereocenters. The van der Waals surface area contributed by atoms with Crippen LogP contribution in [0.25, 0.3) is 0 Å². The van der Waals surface area contributed by atoms with Crippen molar-refractivity contribution in [1.29, 1.82) is 0 Å². The minimum atomic E-state index is -0.172. The van der Waals surface area contributed by atoms with Gasteiger partial charge in [0.05, 0.1) is 0 Å². The Kier molecular flexibility index (Phi) is 3.67. The van der Waals surface area contributed by atoms with E-state index in [0.29, 0.717) is 17.3 Å². The summed E-state index contributed by atoms with van der Waals surface area (Å²) in [6, 6.07) is 9.01. The Labute approximate surface area is 111 Å². The normalized spacial score (nSPS) is 10.4. The van der Waals surface area contributed by atoms with Crippen molar-refractivity contribution in [3.8, 4) is 0 Å². The summed E-state index contributed by atoms with van der Waals surface area (Å²) in [7, 11) is 1.83. The third kappa shape index (κ3) is 2.71. The van der Waals surface area contributed by atoms with Crippen molar-refractivity contribution in [2.75, 3.05) is 5.32 Å². The number of nitrogens with zero attached hydrogens (tertiary/aromatic N) is 2. The molecule has 0 spiro atoms. The van der Waals surface area contributed by atoms with Crippen LogP contribution in [-0.4, -0.2) is 15.7 Å². The zero-order valence-electron chi connectivity index (χ0n) is 10.3. The van der Waals surface area contributed by atoms with Crippen molar-refractivity contribution < 1.29 is 4.79 Å². The number of aromatic nitrogens is 2. The molecule has 0 fully saturated rings. The highest BCUT2D eigenvalue weighted by Crippen LogP contribution is 2.11. The summed E-state index contributed by atoms with van der Waals surface area (Å²) in [5, 5.41) is 6.93. The molecular formula is C13H14ClN3O. The molecule has 0 aliphatic rings. The molecule has 0 aliphatic carbocycles. The van der Waals surface area contributed by atoms with Gasteiger partial charge in [-0.1, -0.05) is 12.1 Å². The van der Waals surface area contributed by atoms with Gasteiger partial charge in [0.2, 0.25) is 0 Å². The lowest BCUT2D eigenvalue weighted by atomic mass is 10.1. The SMILES string of the molecule is Cc1cc(NC(=O)c2ccc(CCl)cc2)nn1C. The van der Waals surface area contributed by atoms with Gasteiger partial charge in [-0.3, -0.25) is 9.48 Å². The molecule has 1 aromatic carbocycles. The first-order valence-corrected chi connectivity index (χ1v) is 6.10. The third-order valence-corrected chi connectivity index (χ3v) is 3.03. The summed E-state index contributed by atoms with van der Waals surface area (Å²) in [5.74, 6) is 0.831. The van der Waals surface area contributed by atoms with Crippen molar-refractivity contribution in [2.24, 2.45) is 7.05 Å². The number of amides is 1. The molecule has 0 radical (unpaired) electrons. The molecule has 1 heterocycles. The quantitative estimate of drug-likeness (QED) is 0.866. The summed E-state index contributed by atoms with van der Waals surface area (Å²) in [6.45, 7) is 1.93. The van der Waals surface area contributed by atoms with Crippen LogP contribution in [0.4, 0.5) is 5.82 Å². The predicted octanol–water partition coefficient (Wildman–Crippen LogP) is 2.72. The van der Waals surface area contributed by atoms with Gasteiger partial charge in [0, 0.05) is 30.3 Å². The second-order valence-corrected chi connectivity index (χ2v) is 4.35. The molecule has 2 aromatic rings. The maximum absolute atomic E-state index is 11.9. The van der Waals surface area contributed by atoms with Gasteiger partial charge in [-0.15, -0.1) is 11.6 Å². The first-order chi connectivity index (χ1) is 8.60. The van der Waals surface area contributed by atoms with E-state index in [2.05, 4.69) is 10.4 Å². The zero-order chi connectivity index (χ0) is 13.1. The first kappa shape index (κ1) is 12.6. The van der Waals surface area contributed by atoms with Crippen molar-refractivity contribution in [1.82, 2.24) is 9.78 Å². The molecule has 2 rings (SSSR count). The van der Waals surface area contributed by atoms with E-state index in [1.165, 1.54) is 0 Å². The molecule has 94 valence electrons. The van der Waals surface area contributed by atoms with Gasteiger partial charge in [-0.25, -0.2) is 0 Å². The van der Waals surface area contributed by atoms with Gasteiger partial charge < -0.3 is 5.32 Å². The fourth-order valence-corrected chi connectivity index (χ4v) is 1.73. The number of halogens is 1. The Morgan fingerprint density at radius 2 is 2.06 bits per heavy atom. The number of carbonyl (C=O) groups is 1. The monoisotopic (exact) mass is 263 g/mol. The maximum Gasteiger partial charge on any atom is 0.256 e. The van der Waals surface area contributed by atoms with E-state index in [4.69, 9.17) is 11.6 Å². The molecule has 4 nitrogen and oxygen atoms in total. The number of alkyl halides is 1. The molecular weight excluding hydrogens is 250 g/mol. The van der Waals surface area contributed by atoms with Gasteiger partial charge in [-0.05, 0) is 24.6 Å². The lowest BCUT2D eigenvalue weighted by Crippen LogP contribution is -2.12. The van der Waals surface area contributed by atoms with E-state index in [1.807, 2.05) is 32.2 Å². The van der Waals surface area contributed by atoms with Crippen molar-refractivity contribution in [3.63, 3.8) is 0 Å². The van der Waals surface area contributed by atoms with E-state index in [1.54, 1.807) is 16.8 Å². The molecule has 0 unspecified atom stereocenters. The second-order valence-electron chi connectivity index (χ2n) is 4.08. The van der Waals surface area contributed by atoms with Gasteiger partial charge >= 0.3 is 0 Å². The van der Waals surface area contributed by atoms with E-state index in [-0.39, 0.29) is 5.91 Å². The molecule has 0 saturated heterocycles. The highest BCUT2D eigenvalue weighted by Gasteiger charge is 2.08. The van der Waals surface area contributed by atoms with E-state index in [9.17, 15) is 4.79 Å². The van der Waals surface area contributed by atoms with E-state index in [0.717, 1.165) is 11.3 Å². The number of carbonyl (C=O) groups excluding carboxylic acids is 1. The van der Waals surface area contributed by atoms with Crippen LogP contribution in [0.1, 0.15) is 21.6 Å². The number of rotatable bonds is 3. The van der Waals surface area contributed by atoms with Crippen LogP contribution in [0.3, 0.4) is 0 Å². The number of aryl methyl sites for hydroxylation is 2. The lowest BCUT2D eigenvalue weighted by Gasteiger charge is -2.02. The Balaban J connectivity index is 2.11. The van der Waals surface area contributed by atoms with Gasteiger partial charge in [0.25, 0.3) is 5.91 Å². The Hall–Kier alpha value is -1.81. The molecule has 0 bridgehead atoms. The van der Waals surface area contributed by atoms with Gasteiger partial charge in [0.1, 0.15) is 0 Å². The molecule has 1 amide bonds. The molecule has 0 aliphatic heterocycles. The number of nitrogens with one attached hydrogen (secondary N) is 1. The fourth-order valence-electron chi connectivity index (χ4n) is 1.56. The Bertz CT molecular complexity index is 541. The van der Waals surface area contributed by atoms with Crippen LogP contribution in [0, 0.1) is 6.92 Å². The standard InChI is InChI=1S/C13H14ClN3O/c1-9-7-12(16-17(9)2)15-13(18)11-5-3-10(8-14)4-6-11/h3-7H,8H2,1-2H3,(H,15,16,18). The zero-order valence-corrected chi connectivity index (χ0v) is 11.0. The van der Waals surface area contributed by atoms with Crippen molar-refractivity contribution in [2.45, 2.75) is 12.8 Å². The van der Waals surface area contributed by atoms with Crippen LogP contribution in [0.2, 0.25) is 0 Å². The summed E-state index contributed by atoms with van der Waals surface area (Å²) >= 11 is 5.70. The highest BCUT2D eigenvalue weighted by molar-refractivity contribution is 6.17. The van der Waals surface area contributed by atoms with Crippen LogP contribution in [0.5, 0.6) is 0 Å². The average Bonchev–Trinajstić information content (AvgIpc) is 2.68. The van der Waals surface area contributed by atoms with Crippen LogP contribution in [0.15, 0.2) is 30.3 Å². The summed E-state index contributed by atoms with van der Waals surface area (Å²) in [4.78, 5) is 11.9. The van der Waals surface area contributed by atoms with Gasteiger partial charge in [0.15, 0.2) is 5.82 Å². The van der Waals surface area contributed by atoms with E-state index >= 15 is 0 Å². The van der Waals surface area contributed by atoms with Gasteiger partial charge in [-0.2, -0.15) is 5.10 Å². The minimum Gasteiger partial charge on any atom is -0.305 e. The fraction of sp³-hybridized carbons (Fsp3) is 0.231. The topological polar surface area (TPSA) is 46.9 Å². The highest BCUT2D eigenvalue weighted by atomic mass is 35.5. The largest absolute Gasteiger partial charge is 0.305 e. The molecule has 5 heteroatoms. The number of anilines is 1. The molecule has 18 heavy (non-hydrogen) atoms. The minimum absolute atomic E-state index is 0.172. The van der Waals surface area contributed by atoms with Crippen molar-refractivity contribution in [3.05, 3.63) is 47.2 Å². The Morgan fingerprint density at radius 3 is 2.56 bits per heavy atom. The molecule has 1 N–H and O–H groups in total. The predicted molar refractivity (Wildman–Crippen MR) is 71.9 cm³/mol. The smallest absolute Gasteiger partial charge is 0.256 e. The van der Waals surface area contributed by atoms with Crippen molar-refractivity contribution >= 4 is 23.3 Å². The van der Waals surface area contributed by atoms with Crippen LogP contribution < -0.4 is 5.32 Å². The first-order valence-electron chi connectivity index (χ1n) is 5.57. The third-order valence-electron chi connectivity index (χ3n) is 2.73. The average molecular weight is 264 g/mol. The van der Waals surface area contributed by atoms with E-state index < -0.39 is 0 Å². The van der Waals surface area contributed by atoms with Crippen LogP contribution >= 0.6 is 11.6 Å². The molecule has 0 saturated carbocycles. The maximum atomic E-state index is 11.9. The number of hydrogen-bond donors (Lipinski definition) is 1. The molecule has 1 aromatic heterocycles. The number of hydrogen-bond acceptors (Lipinski definition) is 2. The summed E-state index contributed by atoms with van der Waals surface area (Å²) < 4.78 is 1.71. The Morgan fingerprint density at radius 1 is 1.39 bits per heavy atom. The number of benzene rings is 1. The van der Waals surface area contributed by atoms with Crippen LogP contribution in [-0.2, 0) is 12.9 Å². The summed E-state index contributed by atoms with van der Waals surface area (Å²) in [6.07, 6.45) is 0. The second kappa shape index (κ2) is 5.23. The summed E-state index contributed by atoms with van der Waals surface area (Å²) in [5.41, 5.74) is 2.57.